The van der Waals surface area contributed by atoms with Gasteiger partial charge >= 0.3 is 0 Å². The summed E-state index contributed by atoms with van der Waals surface area (Å²) in [5, 5.41) is 8.93. The maximum atomic E-state index is 12.9. The van der Waals surface area contributed by atoms with Gasteiger partial charge in [-0.05, 0) is 55.5 Å². The Morgan fingerprint density at radius 2 is 1.88 bits per heavy atom. The molecule has 0 radical (unpaired) electrons. The second kappa shape index (κ2) is 6.19. The third kappa shape index (κ3) is 2.91. The van der Waals surface area contributed by atoms with Gasteiger partial charge in [0.05, 0.1) is 10.3 Å². The van der Waals surface area contributed by atoms with Gasteiger partial charge in [0.25, 0.3) is 5.56 Å². The second-order valence-electron chi connectivity index (χ2n) is 6.39. The number of nitrogens with two attached hydrogens (primary N) is 1. The summed E-state index contributed by atoms with van der Waals surface area (Å²) in [5.41, 5.74) is 1.73. The average molecular weight is 390 g/mol. The van der Waals surface area contributed by atoms with Crippen molar-refractivity contribution in [1.82, 2.24) is 9.55 Å². The molecule has 0 saturated carbocycles. The smallest absolute Gasteiger partial charge is 0.263 e. The molecule has 4 rings (SSSR count). The van der Waals surface area contributed by atoms with Crippen molar-refractivity contribution in [1.29, 1.82) is 0 Å². The summed E-state index contributed by atoms with van der Waals surface area (Å²) in [6.45, 7) is 0. The molecular weight excluding hydrogens is 372 g/mol. The standard InChI is InChI=1S/C17H18N4O3S2/c1-21-16(22)14-12-4-2-3-5-13(12)25-15(14)20-17(21)19-10-6-8-11(9-7-10)26(18,23)24/h6-9H,2-5H2,1H3,(H,19,20)(H2,18,23,24). The highest BCUT2D eigenvalue weighted by atomic mass is 32.2. The van der Waals surface area contributed by atoms with Gasteiger partial charge in [-0.3, -0.25) is 9.36 Å². The molecule has 0 bridgehead atoms. The second-order valence-corrected chi connectivity index (χ2v) is 9.03. The van der Waals surface area contributed by atoms with Crippen LogP contribution >= 0.6 is 11.3 Å². The van der Waals surface area contributed by atoms with Gasteiger partial charge in [-0.2, -0.15) is 0 Å². The molecule has 0 amide bonds. The largest absolute Gasteiger partial charge is 0.325 e. The quantitative estimate of drug-likeness (QED) is 0.713. The van der Waals surface area contributed by atoms with Gasteiger partial charge in [-0.15, -0.1) is 11.3 Å². The first kappa shape index (κ1) is 17.2. The van der Waals surface area contributed by atoms with Crippen LogP contribution in [0.3, 0.4) is 0 Å². The minimum atomic E-state index is -3.74. The number of hydrogen-bond donors (Lipinski definition) is 2. The molecule has 0 aliphatic heterocycles. The zero-order valence-corrected chi connectivity index (χ0v) is 15.8. The fourth-order valence-corrected chi connectivity index (χ4v) is 5.02. The zero-order valence-electron chi connectivity index (χ0n) is 14.2. The van der Waals surface area contributed by atoms with Crippen molar-refractivity contribution in [2.24, 2.45) is 12.2 Å². The van der Waals surface area contributed by atoms with Crippen LogP contribution in [0.4, 0.5) is 11.6 Å². The Morgan fingerprint density at radius 1 is 1.19 bits per heavy atom. The number of anilines is 2. The first-order valence-corrected chi connectivity index (χ1v) is 10.6. The minimum Gasteiger partial charge on any atom is -0.325 e. The lowest BCUT2D eigenvalue weighted by molar-refractivity contribution is 0.598. The number of primary sulfonamides is 1. The van der Waals surface area contributed by atoms with E-state index in [0.29, 0.717) is 11.6 Å². The van der Waals surface area contributed by atoms with Crippen molar-refractivity contribution in [3.63, 3.8) is 0 Å². The van der Waals surface area contributed by atoms with E-state index < -0.39 is 10.0 Å². The number of hydrogen-bond acceptors (Lipinski definition) is 6. The molecule has 0 unspecified atom stereocenters. The number of sulfonamides is 1. The molecule has 3 aromatic rings. The Bertz CT molecular complexity index is 1160. The maximum Gasteiger partial charge on any atom is 0.263 e. The van der Waals surface area contributed by atoms with E-state index in [9.17, 15) is 13.2 Å². The Morgan fingerprint density at radius 3 is 2.58 bits per heavy atom. The molecule has 0 atom stereocenters. The number of nitrogens with zero attached hydrogens (tertiary/aromatic N) is 2. The fraction of sp³-hybridized carbons (Fsp3) is 0.294. The van der Waals surface area contributed by atoms with Crippen molar-refractivity contribution < 1.29 is 8.42 Å². The van der Waals surface area contributed by atoms with Gasteiger partial charge in [0.15, 0.2) is 0 Å². The van der Waals surface area contributed by atoms with Gasteiger partial charge in [0.1, 0.15) is 4.83 Å². The summed E-state index contributed by atoms with van der Waals surface area (Å²) in [6, 6.07) is 6.02. The highest BCUT2D eigenvalue weighted by molar-refractivity contribution is 7.89. The predicted molar refractivity (Wildman–Crippen MR) is 103 cm³/mol. The summed E-state index contributed by atoms with van der Waals surface area (Å²) in [5.74, 6) is 0.421. The van der Waals surface area contributed by atoms with Crippen LogP contribution < -0.4 is 16.0 Å². The van der Waals surface area contributed by atoms with Gasteiger partial charge in [-0.1, -0.05) is 0 Å². The monoisotopic (exact) mass is 390 g/mol. The van der Waals surface area contributed by atoms with Crippen LogP contribution in [0, 0.1) is 0 Å². The molecule has 1 aliphatic rings. The van der Waals surface area contributed by atoms with E-state index in [0.717, 1.165) is 41.5 Å². The molecule has 3 N–H and O–H groups in total. The third-order valence-corrected chi connectivity index (χ3v) is 6.75. The number of aromatic nitrogens is 2. The highest BCUT2D eigenvalue weighted by Gasteiger charge is 2.21. The number of fused-ring (bicyclic) bond motifs is 3. The van der Waals surface area contributed by atoms with Gasteiger partial charge in [0.2, 0.25) is 16.0 Å². The van der Waals surface area contributed by atoms with Crippen LogP contribution in [0.1, 0.15) is 23.3 Å². The SMILES string of the molecule is Cn1c(Nc2ccc(S(N)(=O)=O)cc2)nc2sc3c(c2c1=O)CCCC3. The van der Waals surface area contributed by atoms with E-state index in [1.807, 2.05) is 0 Å². The van der Waals surface area contributed by atoms with Crippen LogP contribution in [0.25, 0.3) is 10.2 Å². The van der Waals surface area contributed by atoms with Crippen molar-refractivity contribution in [2.45, 2.75) is 30.6 Å². The Kier molecular flexibility index (Phi) is 4.09. The van der Waals surface area contributed by atoms with E-state index in [2.05, 4.69) is 10.3 Å². The van der Waals surface area contributed by atoms with Gasteiger partial charge < -0.3 is 5.32 Å². The topological polar surface area (TPSA) is 107 Å². The molecule has 136 valence electrons. The maximum absolute atomic E-state index is 12.9. The fourth-order valence-electron chi connectivity index (χ4n) is 3.25. The zero-order chi connectivity index (χ0) is 18.5. The first-order valence-electron chi connectivity index (χ1n) is 8.26. The van der Waals surface area contributed by atoms with Crippen LogP contribution in [0.15, 0.2) is 34.0 Å². The third-order valence-electron chi connectivity index (χ3n) is 4.64. The lowest BCUT2D eigenvalue weighted by Crippen LogP contribution is -2.21. The number of nitrogens with one attached hydrogen (secondary N) is 1. The number of benzene rings is 1. The first-order chi connectivity index (χ1) is 12.3. The molecular formula is C17H18N4O3S2. The lowest BCUT2D eigenvalue weighted by Gasteiger charge is -2.12. The Hall–Kier alpha value is -2.23. The normalized spacial score (nSPS) is 14.4. The van der Waals surface area contributed by atoms with Crippen molar-refractivity contribution in [3.8, 4) is 0 Å². The molecule has 2 heterocycles. The number of thiophene rings is 1. The summed E-state index contributed by atoms with van der Waals surface area (Å²) < 4.78 is 24.2. The minimum absolute atomic E-state index is 0.0336. The van der Waals surface area contributed by atoms with Crippen molar-refractivity contribution >= 4 is 43.2 Å². The molecule has 2 aromatic heterocycles. The molecule has 1 aliphatic carbocycles. The van der Waals surface area contributed by atoms with Crippen molar-refractivity contribution in [3.05, 3.63) is 45.1 Å². The van der Waals surface area contributed by atoms with Crippen LogP contribution in [-0.4, -0.2) is 18.0 Å². The molecule has 0 spiro atoms. The number of aryl methyl sites for hydroxylation is 2. The molecule has 0 fully saturated rings. The van der Waals surface area contributed by atoms with Crippen LogP contribution in [-0.2, 0) is 29.9 Å². The van der Waals surface area contributed by atoms with Crippen molar-refractivity contribution in [2.75, 3.05) is 5.32 Å². The molecule has 0 saturated heterocycles. The highest BCUT2D eigenvalue weighted by Crippen LogP contribution is 2.34. The van der Waals surface area contributed by atoms with E-state index in [1.165, 1.54) is 21.6 Å². The molecule has 7 nitrogen and oxygen atoms in total. The Balaban J connectivity index is 1.75. The van der Waals surface area contributed by atoms with Gasteiger partial charge in [-0.25, -0.2) is 18.5 Å². The molecule has 1 aromatic carbocycles. The number of rotatable bonds is 3. The Labute approximate surface area is 154 Å². The van der Waals surface area contributed by atoms with E-state index >= 15 is 0 Å². The van der Waals surface area contributed by atoms with Crippen LogP contribution in [0.5, 0.6) is 0 Å². The summed E-state index contributed by atoms with van der Waals surface area (Å²) >= 11 is 1.59. The molecule has 9 heteroatoms. The van der Waals surface area contributed by atoms with Crippen LogP contribution in [0.2, 0.25) is 0 Å². The van der Waals surface area contributed by atoms with E-state index in [1.54, 1.807) is 30.5 Å². The predicted octanol–water partition coefficient (Wildman–Crippen LogP) is 2.26. The lowest BCUT2D eigenvalue weighted by atomic mass is 9.97. The summed E-state index contributed by atoms with van der Waals surface area (Å²) in [6.07, 6.45) is 4.21. The summed E-state index contributed by atoms with van der Waals surface area (Å²) in [4.78, 5) is 19.5. The average Bonchev–Trinajstić information content (AvgIpc) is 2.97. The molecule has 26 heavy (non-hydrogen) atoms. The van der Waals surface area contributed by atoms with Gasteiger partial charge in [0, 0.05) is 17.6 Å². The van der Waals surface area contributed by atoms with E-state index in [4.69, 9.17) is 5.14 Å². The summed E-state index contributed by atoms with van der Waals surface area (Å²) in [7, 11) is -2.05. The van der Waals surface area contributed by atoms with E-state index in [-0.39, 0.29) is 10.5 Å².